The second-order valence-electron chi connectivity index (χ2n) is 5.47. The number of hydrogen-bond donors (Lipinski definition) is 2. The molecule has 0 amide bonds. The fourth-order valence-electron chi connectivity index (χ4n) is 2.85. The Kier molecular flexibility index (Phi) is 4.73. The van der Waals surface area contributed by atoms with E-state index in [1.807, 2.05) is 26.0 Å². The number of piperazine rings is 1. The molecule has 1 fully saturated rings. The van der Waals surface area contributed by atoms with Crippen LogP contribution in [0.4, 0.5) is 8.78 Å². The Morgan fingerprint density at radius 3 is 2.50 bits per heavy atom. The molecule has 0 radical (unpaired) electrons. The Labute approximate surface area is 118 Å². The van der Waals surface area contributed by atoms with E-state index in [2.05, 4.69) is 5.32 Å². The van der Waals surface area contributed by atoms with E-state index in [-0.39, 0.29) is 0 Å². The smallest absolute Gasteiger partial charge is 0.289 e. The summed E-state index contributed by atoms with van der Waals surface area (Å²) < 4.78 is 28.5. The summed E-state index contributed by atoms with van der Waals surface area (Å²) in [5, 5.41) is 12.3. The third-order valence-corrected chi connectivity index (χ3v) is 3.85. The van der Waals surface area contributed by atoms with Crippen LogP contribution in [0.3, 0.4) is 0 Å². The van der Waals surface area contributed by atoms with Crippen LogP contribution in [-0.2, 0) is 0 Å². The Bertz CT molecular complexity index is 459. The summed E-state index contributed by atoms with van der Waals surface area (Å²) in [4.78, 5) is 1.77. The van der Waals surface area contributed by atoms with Gasteiger partial charge in [0.2, 0.25) is 0 Å². The van der Waals surface area contributed by atoms with Gasteiger partial charge >= 0.3 is 0 Å². The highest BCUT2D eigenvalue weighted by molar-refractivity contribution is 5.34. The molecule has 0 unspecified atom stereocenters. The molecule has 1 saturated heterocycles. The van der Waals surface area contributed by atoms with Crippen LogP contribution in [0.15, 0.2) is 18.2 Å². The standard InChI is InChI=1S/C15H22F2N2O/c1-11-3-4-13(12(2)9-11)14(15(16,17)10-20)19-7-5-18-6-8-19/h3-4,9,14,18,20H,5-8,10H2,1-2H3/t14-/m1/s1. The van der Waals surface area contributed by atoms with E-state index >= 15 is 0 Å². The fraction of sp³-hybridized carbons (Fsp3) is 0.600. The van der Waals surface area contributed by atoms with Crippen LogP contribution in [0.25, 0.3) is 0 Å². The van der Waals surface area contributed by atoms with Gasteiger partial charge in [0.25, 0.3) is 5.92 Å². The van der Waals surface area contributed by atoms with Gasteiger partial charge in [-0.1, -0.05) is 23.8 Å². The predicted molar refractivity (Wildman–Crippen MR) is 75.1 cm³/mol. The van der Waals surface area contributed by atoms with Gasteiger partial charge in [-0.15, -0.1) is 0 Å². The number of alkyl halides is 2. The monoisotopic (exact) mass is 284 g/mol. The molecule has 0 aromatic heterocycles. The lowest BCUT2D eigenvalue weighted by Gasteiger charge is -2.39. The maximum atomic E-state index is 14.3. The van der Waals surface area contributed by atoms with Gasteiger partial charge in [-0.25, -0.2) is 8.78 Å². The molecular weight excluding hydrogens is 262 g/mol. The van der Waals surface area contributed by atoms with E-state index in [0.29, 0.717) is 31.7 Å². The zero-order valence-electron chi connectivity index (χ0n) is 12.0. The molecular formula is C15H22F2N2O. The summed E-state index contributed by atoms with van der Waals surface area (Å²) in [5.74, 6) is -3.14. The molecule has 0 bridgehead atoms. The highest BCUT2D eigenvalue weighted by Gasteiger charge is 2.44. The first-order chi connectivity index (χ1) is 9.45. The van der Waals surface area contributed by atoms with Crippen molar-refractivity contribution in [3.8, 4) is 0 Å². The minimum absolute atomic E-state index is 0.563. The number of rotatable bonds is 4. The number of aliphatic hydroxyl groups excluding tert-OH is 1. The maximum absolute atomic E-state index is 14.3. The summed E-state index contributed by atoms with van der Waals surface area (Å²) >= 11 is 0. The van der Waals surface area contributed by atoms with Crippen LogP contribution in [0.2, 0.25) is 0 Å². The van der Waals surface area contributed by atoms with Gasteiger partial charge in [-0.05, 0) is 25.0 Å². The summed E-state index contributed by atoms with van der Waals surface area (Å²) in [7, 11) is 0. The predicted octanol–water partition coefficient (Wildman–Crippen LogP) is 1.88. The van der Waals surface area contributed by atoms with Crippen LogP contribution in [0.5, 0.6) is 0 Å². The number of nitrogens with zero attached hydrogens (tertiary/aromatic N) is 1. The van der Waals surface area contributed by atoms with Gasteiger partial charge in [-0.2, -0.15) is 0 Å². The Morgan fingerprint density at radius 2 is 1.95 bits per heavy atom. The van der Waals surface area contributed by atoms with Crippen LogP contribution in [-0.4, -0.2) is 48.7 Å². The minimum Gasteiger partial charge on any atom is -0.390 e. The molecule has 2 rings (SSSR count). The van der Waals surface area contributed by atoms with Crippen LogP contribution >= 0.6 is 0 Å². The molecule has 1 atom stereocenters. The summed E-state index contributed by atoms with van der Waals surface area (Å²) in [6.07, 6.45) is 0. The zero-order chi connectivity index (χ0) is 14.8. The number of halogens is 2. The Balaban J connectivity index is 2.39. The Morgan fingerprint density at radius 1 is 1.30 bits per heavy atom. The topological polar surface area (TPSA) is 35.5 Å². The van der Waals surface area contributed by atoms with Crippen LogP contribution in [0, 0.1) is 13.8 Å². The first-order valence-electron chi connectivity index (χ1n) is 6.96. The third kappa shape index (κ3) is 3.16. The van der Waals surface area contributed by atoms with E-state index in [0.717, 1.165) is 11.1 Å². The zero-order valence-corrected chi connectivity index (χ0v) is 12.0. The first-order valence-corrected chi connectivity index (χ1v) is 6.96. The molecule has 5 heteroatoms. The van der Waals surface area contributed by atoms with Gasteiger partial charge in [-0.3, -0.25) is 4.90 Å². The van der Waals surface area contributed by atoms with Gasteiger partial charge in [0.1, 0.15) is 12.6 Å². The second-order valence-corrected chi connectivity index (χ2v) is 5.47. The lowest BCUT2D eigenvalue weighted by molar-refractivity contribution is -0.118. The molecule has 1 aliphatic rings. The van der Waals surface area contributed by atoms with Crippen molar-refractivity contribution in [3.05, 3.63) is 34.9 Å². The Hall–Kier alpha value is -1.04. The quantitative estimate of drug-likeness (QED) is 0.886. The first kappa shape index (κ1) is 15.4. The van der Waals surface area contributed by atoms with Gasteiger partial charge in [0, 0.05) is 26.2 Å². The van der Waals surface area contributed by atoms with Crippen molar-refractivity contribution in [1.29, 1.82) is 0 Å². The summed E-state index contributed by atoms with van der Waals surface area (Å²) in [6, 6.07) is 4.47. The maximum Gasteiger partial charge on any atom is 0.289 e. The van der Waals surface area contributed by atoms with Crippen molar-refractivity contribution in [2.45, 2.75) is 25.8 Å². The average Bonchev–Trinajstić information content (AvgIpc) is 2.43. The molecule has 112 valence electrons. The fourth-order valence-corrected chi connectivity index (χ4v) is 2.85. The van der Waals surface area contributed by atoms with Gasteiger partial charge < -0.3 is 10.4 Å². The van der Waals surface area contributed by atoms with E-state index in [1.165, 1.54) is 0 Å². The normalized spacial score (nSPS) is 19.1. The van der Waals surface area contributed by atoms with Crippen molar-refractivity contribution >= 4 is 0 Å². The van der Waals surface area contributed by atoms with Gasteiger partial charge in [0.15, 0.2) is 0 Å². The number of aliphatic hydroxyl groups is 1. The van der Waals surface area contributed by atoms with E-state index in [9.17, 15) is 8.78 Å². The molecule has 1 aromatic rings. The van der Waals surface area contributed by atoms with E-state index < -0.39 is 18.6 Å². The molecule has 2 N–H and O–H groups in total. The number of hydrogen-bond acceptors (Lipinski definition) is 3. The summed E-state index contributed by atoms with van der Waals surface area (Å²) in [5.41, 5.74) is 2.51. The van der Waals surface area contributed by atoms with Crippen molar-refractivity contribution in [2.24, 2.45) is 0 Å². The highest BCUT2D eigenvalue weighted by Crippen LogP contribution is 2.38. The number of aryl methyl sites for hydroxylation is 2. The molecule has 1 aliphatic heterocycles. The lowest BCUT2D eigenvalue weighted by Crippen LogP contribution is -2.51. The van der Waals surface area contributed by atoms with Crippen molar-refractivity contribution in [3.63, 3.8) is 0 Å². The van der Waals surface area contributed by atoms with Crippen LogP contribution < -0.4 is 5.32 Å². The molecule has 3 nitrogen and oxygen atoms in total. The van der Waals surface area contributed by atoms with Crippen LogP contribution in [0.1, 0.15) is 22.7 Å². The minimum atomic E-state index is -3.14. The highest BCUT2D eigenvalue weighted by atomic mass is 19.3. The molecule has 1 aromatic carbocycles. The van der Waals surface area contributed by atoms with Crippen molar-refractivity contribution in [2.75, 3.05) is 32.8 Å². The SMILES string of the molecule is Cc1ccc([C@@H](N2CCNCC2)C(F)(F)CO)c(C)c1. The van der Waals surface area contributed by atoms with Crippen molar-refractivity contribution in [1.82, 2.24) is 10.2 Å². The third-order valence-electron chi connectivity index (χ3n) is 3.85. The second kappa shape index (κ2) is 6.16. The number of nitrogens with one attached hydrogen (secondary N) is 1. The van der Waals surface area contributed by atoms with E-state index in [1.54, 1.807) is 11.0 Å². The van der Waals surface area contributed by atoms with Crippen molar-refractivity contribution < 1.29 is 13.9 Å². The molecule has 0 saturated carbocycles. The molecule has 1 heterocycles. The molecule has 20 heavy (non-hydrogen) atoms. The van der Waals surface area contributed by atoms with E-state index in [4.69, 9.17) is 5.11 Å². The molecule has 0 aliphatic carbocycles. The number of benzene rings is 1. The lowest BCUT2D eigenvalue weighted by atomic mass is 9.93. The summed E-state index contributed by atoms with van der Waals surface area (Å²) in [6.45, 7) is 5.19. The average molecular weight is 284 g/mol. The largest absolute Gasteiger partial charge is 0.390 e. The van der Waals surface area contributed by atoms with Gasteiger partial charge in [0.05, 0.1) is 0 Å². The molecule has 0 spiro atoms.